The summed E-state index contributed by atoms with van der Waals surface area (Å²) in [4.78, 5) is 0. The number of benzene rings is 2. The highest BCUT2D eigenvalue weighted by Crippen LogP contribution is 2.30. The van der Waals surface area contributed by atoms with Gasteiger partial charge >= 0.3 is 6.18 Å². The average Bonchev–Trinajstić information content (AvgIpc) is 2.85. The van der Waals surface area contributed by atoms with Gasteiger partial charge in [0.15, 0.2) is 0 Å². The van der Waals surface area contributed by atoms with E-state index in [1.54, 1.807) is 4.68 Å². The van der Waals surface area contributed by atoms with Crippen molar-refractivity contribution >= 4 is 23.3 Å². The molecule has 0 aliphatic carbocycles. The number of alkyl halides is 3. The van der Waals surface area contributed by atoms with Gasteiger partial charge in [0.25, 0.3) is 0 Å². The number of hydrogen-bond acceptors (Lipinski definition) is 2. The highest BCUT2D eigenvalue weighted by molar-refractivity contribution is 5.85. The first kappa shape index (κ1) is 16.3. The molecule has 0 unspecified atom stereocenters. The third-order valence-electron chi connectivity index (χ3n) is 3.30. The second kappa shape index (κ2) is 5.98. The Balaban J connectivity index is 0.00000176. The third-order valence-corrected chi connectivity index (χ3v) is 3.30. The van der Waals surface area contributed by atoms with Crippen molar-refractivity contribution in [1.82, 2.24) is 9.78 Å². The van der Waals surface area contributed by atoms with Gasteiger partial charge in [0.2, 0.25) is 0 Å². The monoisotopic (exact) mass is 327 g/mol. The minimum absolute atomic E-state index is 0. The van der Waals surface area contributed by atoms with E-state index in [-0.39, 0.29) is 19.0 Å². The van der Waals surface area contributed by atoms with Gasteiger partial charge in [-0.3, -0.25) is 0 Å². The van der Waals surface area contributed by atoms with Crippen LogP contribution in [0.4, 0.5) is 13.2 Å². The van der Waals surface area contributed by atoms with E-state index in [0.29, 0.717) is 11.4 Å². The summed E-state index contributed by atoms with van der Waals surface area (Å²) in [7, 11) is 0. The van der Waals surface area contributed by atoms with E-state index in [4.69, 9.17) is 5.73 Å². The molecule has 0 radical (unpaired) electrons. The molecule has 1 heterocycles. The highest BCUT2D eigenvalue weighted by Gasteiger charge is 2.30. The van der Waals surface area contributed by atoms with Crippen LogP contribution in [0.15, 0.2) is 48.5 Å². The van der Waals surface area contributed by atoms with Gasteiger partial charge in [-0.25, -0.2) is 4.68 Å². The fraction of sp³-hybridized carbons (Fsp3) is 0.133. The molecule has 2 aromatic carbocycles. The molecule has 0 fully saturated rings. The van der Waals surface area contributed by atoms with Crippen molar-refractivity contribution in [2.24, 2.45) is 5.73 Å². The summed E-state index contributed by atoms with van der Waals surface area (Å²) in [5.41, 5.74) is 7.08. The van der Waals surface area contributed by atoms with Crippen molar-refractivity contribution in [1.29, 1.82) is 0 Å². The Kier molecular flexibility index (Phi) is 4.44. The van der Waals surface area contributed by atoms with Crippen LogP contribution in [0.3, 0.4) is 0 Å². The smallest absolute Gasteiger partial charge is 0.325 e. The minimum Gasteiger partial charge on any atom is -0.325 e. The topological polar surface area (TPSA) is 43.8 Å². The van der Waals surface area contributed by atoms with Crippen molar-refractivity contribution in [3.8, 4) is 5.69 Å². The third kappa shape index (κ3) is 2.80. The zero-order chi connectivity index (χ0) is 15.0. The second-order valence-electron chi connectivity index (χ2n) is 4.62. The molecule has 3 aromatic rings. The quantitative estimate of drug-likeness (QED) is 0.775. The summed E-state index contributed by atoms with van der Waals surface area (Å²) in [6.45, 7) is 0.272. The van der Waals surface area contributed by atoms with Crippen LogP contribution in [-0.4, -0.2) is 9.78 Å². The van der Waals surface area contributed by atoms with Gasteiger partial charge in [-0.05, 0) is 30.3 Å². The van der Waals surface area contributed by atoms with Crippen LogP contribution in [-0.2, 0) is 12.7 Å². The number of aromatic nitrogens is 2. The molecule has 0 aliphatic heterocycles. The fourth-order valence-electron chi connectivity index (χ4n) is 2.27. The van der Waals surface area contributed by atoms with Gasteiger partial charge in [0, 0.05) is 11.9 Å². The lowest BCUT2D eigenvalue weighted by atomic mass is 10.2. The lowest BCUT2D eigenvalue weighted by molar-refractivity contribution is -0.137. The normalized spacial score (nSPS) is 11.5. The Morgan fingerprint density at radius 1 is 1.00 bits per heavy atom. The van der Waals surface area contributed by atoms with Gasteiger partial charge < -0.3 is 5.73 Å². The molecule has 0 saturated carbocycles. The van der Waals surface area contributed by atoms with E-state index in [1.165, 1.54) is 12.1 Å². The number of hydrogen-bond donors (Lipinski definition) is 1. The van der Waals surface area contributed by atoms with Crippen molar-refractivity contribution < 1.29 is 13.2 Å². The lowest BCUT2D eigenvalue weighted by Crippen LogP contribution is -2.05. The Morgan fingerprint density at radius 2 is 1.64 bits per heavy atom. The van der Waals surface area contributed by atoms with Gasteiger partial charge in [0.1, 0.15) is 0 Å². The van der Waals surface area contributed by atoms with Crippen molar-refractivity contribution in [3.63, 3.8) is 0 Å². The molecule has 3 nitrogen and oxygen atoms in total. The van der Waals surface area contributed by atoms with E-state index in [9.17, 15) is 13.2 Å². The molecule has 0 saturated heterocycles. The summed E-state index contributed by atoms with van der Waals surface area (Å²) < 4.78 is 39.4. The van der Waals surface area contributed by atoms with Crippen molar-refractivity contribution in [3.05, 3.63) is 59.8 Å². The number of para-hydroxylation sites is 1. The molecule has 0 amide bonds. The molecule has 0 bridgehead atoms. The molecule has 1 aromatic heterocycles. The first-order chi connectivity index (χ1) is 10.0. The van der Waals surface area contributed by atoms with Crippen LogP contribution < -0.4 is 5.73 Å². The van der Waals surface area contributed by atoms with Gasteiger partial charge in [-0.15, -0.1) is 12.4 Å². The van der Waals surface area contributed by atoms with Crippen LogP contribution in [0, 0.1) is 0 Å². The maximum absolute atomic E-state index is 12.6. The Labute approximate surface area is 130 Å². The molecular formula is C15H13ClF3N3. The maximum Gasteiger partial charge on any atom is 0.416 e. The molecule has 0 aliphatic rings. The zero-order valence-electron chi connectivity index (χ0n) is 11.3. The van der Waals surface area contributed by atoms with Gasteiger partial charge in [-0.1, -0.05) is 18.2 Å². The summed E-state index contributed by atoms with van der Waals surface area (Å²) >= 11 is 0. The summed E-state index contributed by atoms with van der Waals surface area (Å²) in [5.74, 6) is 0. The van der Waals surface area contributed by atoms with E-state index in [1.807, 2.05) is 24.3 Å². The number of nitrogens with zero attached hydrogens (tertiary/aromatic N) is 2. The second-order valence-corrected chi connectivity index (χ2v) is 4.62. The largest absolute Gasteiger partial charge is 0.416 e. The van der Waals surface area contributed by atoms with Crippen molar-refractivity contribution in [2.75, 3.05) is 0 Å². The van der Waals surface area contributed by atoms with Crippen LogP contribution >= 0.6 is 12.4 Å². The van der Waals surface area contributed by atoms with E-state index >= 15 is 0 Å². The summed E-state index contributed by atoms with van der Waals surface area (Å²) in [6, 6.07) is 12.4. The molecule has 3 rings (SSSR count). The predicted octanol–water partition coefficient (Wildman–Crippen LogP) is 3.92. The summed E-state index contributed by atoms with van der Waals surface area (Å²) in [6.07, 6.45) is -4.34. The fourth-order valence-corrected chi connectivity index (χ4v) is 2.27. The standard InChI is InChI=1S/C15H12F3N3.ClH/c16-15(17,18)10-5-7-11(8-6-10)21-14-4-2-1-3-12(14)13(9-19)20-21;/h1-8H,9,19H2;1H. The molecule has 0 spiro atoms. The summed E-state index contributed by atoms with van der Waals surface area (Å²) in [5, 5.41) is 5.28. The van der Waals surface area contributed by atoms with Crippen LogP contribution in [0.25, 0.3) is 16.6 Å². The number of fused-ring (bicyclic) bond motifs is 1. The average molecular weight is 328 g/mol. The Bertz CT molecular complexity index is 779. The van der Waals surface area contributed by atoms with Crippen molar-refractivity contribution in [2.45, 2.75) is 12.7 Å². The van der Waals surface area contributed by atoms with E-state index < -0.39 is 11.7 Å². The van der Waals surface area contributed by atoms with E-state index in [2.05, 4.69) is 5.10 Å². The number of rotatable bonds is 2. The zero-order valence-corrected chi connectivity index (χ0v) is 12.2. The maximum atomic E-state index is 12.6. The molecule has 0 atom stereocenters. The minimum atomic E-state index is -4.34. The Morgan fingerprint density at radius 3 is 2.23 bits per heavy atom. The molecule has 7 heteroatoms. The van der Waals surface area contributed by atoms with Gasteiger partial charge in [0.05, 0.1) is 22.5 Å². The molecule has 116 valence electrons. The van der Waals surface area contributed by atoms with E-state index in [0.717, 1.165) is 23.0 Å². The lowest BCUT2D eigenvalue weighted by Gasteiger charge is -2.08. The predicted molar refractivity (Wildman–Crippen MR) is 81.2 cm³/mol. The van der Waals surface area contributed by atoms with Crippen LogP contribution in [0.2, 0.25) is 0 Å². The number of nitrogens with two attached hydrogens (primary N) is 1. The first-order valence-corrected chi connectivity index (χ1v) is 6.35. The highest BCUT2D eigenvalue weighted by atomic mass is 35.5. The first-order valence-electron chi connectivity index (χ1n) is 6.35. The Hall–Kier alpha value is -2.05. The SMILES string of the molecule is Cl.NCc1nn(-c2ccc(C(F)(F)F)cc2)c2ccccc12. The molecule has 22 heavy (non-hydrogen) atoms. The number of halogens is 4. The van der Waals surface area contributed by atoms with Crippen LogP contribution in [0.5, 0.6) is 0 Å². The molecule has 2 N–H and O–H groups in total. The van der Waals surface area contributed by atoms with Gasteiger partial charge in [-0.2, -0.15) is 18.3 Å². The molecular weight excluding hydrogens is 315 g/mol. The van der Waals surface area contributed by atoms with Crippen LogP contribution in [0.1, 0.15) is 11.3 Å².